The number of hydrogen-bond acceptors (Lipinski definition) is 4. The Morgan fingerprint density at radius 1 is 0.970 bits per heavy atom. The zero-order chi connectivity index (χ0) is 23.7. The average Bonchev–Trinajstić information content (AvgIpc) is 3.02. The molecule has 33 heavy (non-hydrogen) atoms. The molecule has 0 bridgehead atoms. The lowest BCUT2D eigenvalue weighted by atomic mass is 9.91. The van der Waals surface area contributed by atoms with Crippen molar-refractivity contribution in [3.05, 3.63) is 65.6 Å². The number of nitrogens with zero attached hydrogens (tertiary/aromatic N) is 2. The lowest BCUT2D eigenvalue weighted by Crippen LogP contribution is -2.42. The third-order valence-electron chi connectivity index (χ3n) is 6.06. The number of carbonyl (C=O) groups is 2. The highest BCUT2D eigenvalue weighted by atomic mass is 19.1. The molecule has 0 spiro atoms. The average molecular weight is 451 g/mol. The Morgan fingerprint density at radius 2 is 1.61 bits per heavy atom. The normalized spacial score (nSPS) is 21.4. The van der Waals surface area contributed by atoms with Gasteiger partial charge in [0, 0.05) is 13.1 Å². The summed E-state index contributed by atoms with van der Waals surface area (Å²) in [5, 5.41) is 0. The summed E-state index contributed by atoms with van der Waals surface area (Å²) in [5.41, 5.74) is 1.29. The van der Waals surface area contributed by atoms with Gasteiger partial charge >= 0.3 is 0 Å². The molecule has 6 heteroatoms. The van der Waals surface area contributed by atoms with E-state index in [2.05, 4.69) is 27.7 Å². The van der Waals surface area contributed by atoms with Gasteiger partial charge in [0.15, 0.2) is 0 Å². The molecular formula is C27H31FN2O3. The Labute approximate surface area is 194 Å². The van der Waals surface area contributed by atoms with Crippen LogP contribution in [0.15, 0.2) is 54.2 Å². The van der Waals surface area contributed by atoms with Crippen LogP contribution in [0.1, 0.15) is 39.7 Å². The molecule has 2 atom stereocenters. The molecule has 5 nitrogen and oxygen atoms in total. The smallest absolute Gasteiger partial charge is 0.282 e. The number of piperidine rings is 1. The summed E-state index contributed by atoms with van der Waals surface area (Å²) in [4.78, 5) is 30.2. The number of rotatable bonds is 6. The predicted octanol–water partition coefficient (Wildman–Crippen LogP) is 5.12. The maximum absolute atomic E-state index is 14.6. The fourth-order valence-corrected chi connectivity index (χ4v) is 4.75. The highest BCUT2D eigenvalue weighted by molar-refractivity contribution is 6.45. The van der Waals surface area contributed by atoms with Crippen molar-refractivity contribution < 1.29 is 18.7 Å². The number of likely N-dealkylation sites (tertiary alicyclic amines) is 1. The minimum atomic E-state index is -0.599. The molecule has 2 aromatic carbocycles. The van der Waals surface area contributed by atoms with E-state index < -0.39 is 17.6 Å². The molecule has 0 aliphatic carbocycles. The van der Waals surface area contributed by atoms with Crippen LogP contribution in [-0.2, 0) is 9.59 Å². The first kappa shape index (κ1) is 23.0. The lowest BCUT2D eigenvalue weighted by Gasteiger charge is -2.37. The number of ether oxygens (including phenoxy) is 1. The van der Waals surface area contributed by atoms with E-state index >= 15 is 0 Å². The van der Waals surface area contributed by atoms with E-state index in [1.54, 1.807) is 24.3 Å². The molecule has 1 saturated heterocycles. The summed E-state index contributed by atoms with van der Waals surface area (Å²) in [6, 6.07) is 13.1. The monoisotopic (exact) mass is 450 g/mol. The predicted molar refractivity (Wildman–Crippen MR) is 127 cm³/mol. The van der Waals surface area contributed by atoms with E-state index in [1.807, 2.05) is 17.0 Å². The van der Waals surface area contributed by atoms with Gasteiger partial charge < -0.3 is 9.64 Å². The molecule has 0 aromatic heterocycles. The summed E-state index contributed by atoms with van der Waals surface area (Å²) < 4.78 is 20.4. The summed E-state index contributed by atoms with van der Waals surface area (Å²) >= 11 is 0. The Hall–Kier alpha value is -3.15. The van der Waals surface area contributed by atoms with E-state index in [0.29, 0.717) is 60.0 Å². The largest absolute Gasteiger partial charge is 0.493 e. The lowest BCUT2D eigenvalue weighted by molar-refractivity contribution is -0.121. The van der Waals surface area contributed by atoms with E-state index in [-0.39, 0.29) is 5.69 Å². The van der Waals surface area contributed by atoms with Crippen LogP contribution in [0.3, 0.4) is 0 Å². The summed E-state index contributed by atoms with van der Waals surface area (Å²) in [6.45, 7) is 10.4. The standard InChI is InChI=1S/C27H31FN2O3/c1-17(2)16-33-21-11-9-20(10-12-21)24-25(29-14-18(3)13-19(4)15-29)27(32)30(26(24)31)23-8-6-5-7-22(23)28/h5-12,17-19H,13-16H2,1-4H3. The second-order valence-corrected chi connectivity index (χ2v) is 9.70. The van der Waals surface area contributed by atoms with E-state index in [9.17, 15) is 14.0 Å². The molecule has 2 aliphatic heterocycles. The van der Waals surface area contributed by atoms with Crippen molar-refractivity contribution in [2.75, 3.05) is 24.6 Å². The van der Waals surface area contributed by atoms with E-state index in [4.69, 9.17) is 4.74 Å². The van der Waals surface area contributed by atoms with E-state index in [0.717, 1.165) is 11.3 Å². The van der Waals surface area contributed by atoms with Gasteiger partial charge in [0.05, 0.1) is 17.9 Å². The number of carbonyl (C=O) groups excluding carboxylic acids is 2. The van der Waals surface area contributed by atoms with Crippen LogP contribution in [0.5, 0.6) is 5.75 Å². The van der Waals surface area contributed by atoms with Gasteiger partial charge in [0.2, 0.25) is 0 Å². The molecular weight excluding hydrogens is 419 g/mol. The number of halogens is 1. The zero-order valence-electron chi connectivity index (χ0n) is 19.7. The van der Waals surface area contributed by atoms with Crippen molar-refractivity contribution >= 4 is 23.1 Å². The number of benzene rings is 2. The van der Waals surface area contributed by atoms with Crippen molar-refractivity contribution in [1.82, 2.24) is 4.90 Å². The molecule has 2 unspecified atom stereocenters. The first-order chi connectivity index (χ1) is 15.8. The van der Waals surface area contributed by atoms with Gasteiger partial charge in [-0.1, -0.05) is 52.0 Å². The van der Waals surface area contributed by atoms with Crippen LogP contribution in [0.25, 0.3) is 5.57 Å². The minimum absolute atomic E-state index is 0.0185. The minimum Gasteiger partial charge on any atom is -0.493 e. The highest BCUT2D eigenvalue weighted by Gasteiger charge is 2.44. The van der Waals surface area contributed by atoms with Crippen LogP contribution in [-0.4, -0.2) is 36.4 Å². The number of amides is 2. The number of anilines is 1. The fraction of sp³-hybridized carbons (Fsp3) is 0.407. The highest BCUT2D eigenvalue weighted by Crippen LogP contribution is 2.38. The van der Waals surface area contributed by atoms with Gasteiger partial charge in [-0.05, 0) is 54.0 Å². The van der Waals surface area contributed by atoms with Crippen LogP contribution >= 0.6 is 0 Å². The summed E-state index contributed by atoms with van der Waals surface area (Å²) in [7, 11) is 0. The summed E-state index contributed by atoms with van der Waals surface area (Å²) in [5.74, 6) is 0.309. The quantitative estimate of drug-likeness (QED) is 0.573. The SMILES string of the molecule is CC(C)COc1ccc(C2=C(N3CC(C)CC(C)C3)C(=O)N(c3ccccc3F)C2=O)cc1. The molecule has 2 heterocycles. The van der Waals surface area contributed by atoms with Crippen LogP contribution in [0.4, 0.5) is 10.1 Å². The molecule has 2 aliphatic rings. The van der Waals surface area contributed by atoms with Crippen molar-refractivity contribution in [3.63, 3.8) is 0 Å². The molecule has 1 fully saturated rings. The van der Waals surface area contributed by atoms with Gasteiger partial charge in [-0.2, -0.15) is 0 Å². The second kappa shape index (κ2) is 9.38. The Kier molecular flexibility index (Phi) is 6.54. The molecule has 0 N–H and O–H groups in total. The molecule has 174 valence electrons. The van der Waals surface area contributed by atoms with Gasteiger partial charge in [-0.3, -0.25) is 9.59 Å². The number of para-hydroxylation sites is 1. The second-order valence-electron chi connectivity index (χ2n) is 9.70. The Bertz CT molecular complexity index is 1070. The molecule has 2 amide bonds. The van der Waals surface area contributed by atoms with Gasteiger partial charge in [-0.25, -0.2) is 9.29 Å². The van der Waals surface area contributed by atoms with Crippen LogP contribution < -0.4 is 9.64 Å². The maximum atomic E-state index is 14.6. The third kappa shape index (κ3) is 4.65. The van der Waals surface area contributed by atoms with Gasteiger partial charge in [0.25, 0.3) is 11.8 Å². The number of imide groups is 1. The van der Waals surface area contributed by atoms with Gasteiger partial charge in [-0.15, -0.1) is 0 Å². The molecule has 2 aromatic rings. The topological polar surface area (TPSA) is 49.9 Å². The van der Waals surface area contributed by atoms with Crippen molar-refractivity contribution in [2.24, 2.45) is 17.8 Å². The first-order valence-corrected chi connectivity index (χ1v) is 11.6. The Balaban J connectivity index is 1.76. The third-order valence-corrected chi connectivity index (χ3v) is 6.06. The van der Waals surface area contributed by atoms with Crippen molar-refractivity contribution in [1.29, 1.82) is 0 Å². The zero-order valence-corrected chi connectivity index (χ0v) is 19.7. The van der Waals surface area contributed by atoms with E-state index in [1.165, 1.54) is 12.1 Å². The molecule has 0 radical (unpaired) electrons. The first-order valence-electron chi connectivity index (χ1n) is 11.6. The van der Waals surface area contributed by atoms with Crippen LogP contribution in [0.2, 0.25) is 0 Å². The van der Waals surface area contributed by atoms with Crippen LogP contribution in [0, 0.1) is 23.6 Å². The molecule has 4 rings (SSSR count). The van der Waals surface area contributed by atoms with Gasteiger partial charge in [0.1, 0.15) is 17.3 Å². The molecule has 0 saturated carbocycles. The maximum Gasteiger partial charge on any atom is 0.282 e. The van der Waals surface area contributed by atoms with Crippen molar-refractivity contribution in [2.45, 2.75) is 34.1 Å². The Morgan fingerprint density at radius 3 is 2.21 bits per heavy atom. The fourth-order valence-electron chi connectivity index (χ4n) is 4.75. The number of hydrogen-bond donors (Lipinski definition) is 0. The van der Waals surface area contributed by atoms with Crippen molar-refractivity contribution in [3.8, 4) is 5.75 Å². The summed E-state index contributed by atoms with van der Waals surface area (Å²) in [6.07, 6.45) is 1.07.